The molecule has 0 spiro atoms. The molecular formula is C29H27Cl2F2N3O5. The molecule has 3 heterocycles. The number of fused-ring (bicyclic) bond motifs is 2. The molecule has 3 aromatic rings. The first-order valence-corrected chi connectivity index (χ1v) is 14.2. The predicted molar refractivity (Wildman–Crippen MR) is 147 cm³/mol. The molecular weight excluding hydrogens is 579 g/mol. The average molecular weight is 606 g/mol. The third kappa shape index (κ3) is 5.40. The maximum absolute atomic E-state index is 14.4. The monoisotopic (exact) mass is 605 g/mol. The van der Waals surface area contributed by atoms with Gasteiger partial charge in [0.05, 0.1) is 29.9 Å². The van der Waals surface area contributed by atoms with E-state index in [9.17, 15) is 18.4 Å². The van der Waals surface area contributed by atoms with E-state index < -0.39 is 29.2 Å². The summed E-state index contributed by atoms with van der Waals surface area (Å²) in [6.45, 7) is 0.271. The van der Waals surface area contributed by atoms with E-state index in [4.69, 9.17) is 32.5 Å². The highest BCUT2D eigenvalue weighted by Gasteiger charge is 2.44. The number of rotatable bonds is 7. The second-order valence-corrected chi connectivity index (χ2v) is 11.5. The number of hydrogen-bond donors (Lipinski definition) is 1. The predicted octanol–water partition coefficient (Wildman–Crippen LogP) is 7.33. The molecule has 2 aromatic carbocycles. The van der Waals surface area contributed by atoms with Crippen LogP contribution in [0.4, 0.5) is 19.3 Å². The summed E-state index contributed by atoms with van der Waals surface area (Å²) in [5, 5.41) is 7.85. The lowest BCUT2D eigenvalue weighted by Crippen LogP contribution is -2.50. The minimum absolute atomic E-state index is 0.0822. The lowest BCUT2D eigenvalue weighted by molar-refractivity contribution is -0.0158. The van der Waals surface area contributed by atoms with Crippen LogP contribution in [0.25, 0.3) is 11.3 Å². The summed E-state index contributed by atoms with van der Waals surface area (Å²) in [6.07, 6.45) is 4.75. The Morgan fingerprint density at radius 3 is 2.29 bits per heavy atom. The van der Waals surface area contributed by atoms with Crippen molar-refractivity contribution < 1.29 is 32.4 Å². The van der Waals surface area contributed by atoms with Crippen molar-refractivity contribution in [2.45, 2.75) is 69.2 Å². The number of ether oxygens (including phenoxy) is 2. The van der Waals surface area contributed by atoms with Gasteiger partial charge in [0, 0.05) is 34.8 Å². The first-order chi connectivity index (χ1) is 19.7. The molecule has 2 aliphatic heterocycles. The topological polar surface area (TPSA) is 93.9 Å². The fraction of sp³-hybridized carbons (Fsp3) is 0.414. The third-order valence-corrected chi connectivity index (χ3v) is 8.67. The van der Waals surface area contributed by atoms with Crippen molar-refractivity contribution in [3.63, 3.8) is 0 Å². The number of urea groups is 1. The van der Waals surface area contributed by atoms with Gasteiger partial charge in [-0.05, 0) is 62.8 Å². The quantitative estimate of drug-likeness (QED) is 0.283. The largest absolute Gasteiger partial charge is 0.465 e. The normalized spacial score (nSPS) is 21.7. The number of methoxy groups -OCH3 is 1. The number of benzene rings is 2. The molecule has 1 saturated carbocycles. The Balaban J connectivity index is 1.14. The molecule has 2 unspecified atom stereocenters. The van der Waals surface area contributed by atoms with Crippen molar-refractivity contribution in [1.82, 2.24) is 10.1 Å². The van der Waals surface area contributed by atoms with Gasteiger partial charge in [-0.15, -0.1) is 0 Å². The molecule has 216 valence electrons. The van der Waals surface area contributed by atoms with Gasteiger partial charge >= 0.3 is 12.0 Å². The lowest BCUT2D eigenvalue weighted by atomic mass is 9.99. The van der Waals surface area contributed by atoms with Crippen molar-refractivity contribution >= 4 is 40.9 Å². The van der Waals surface area contributed by atoms with Crippen LogP contribution in [0.1, 0.15) is 66.1 Å². The Morgan fingerprint density at radius 2 is 1.71 bits per heavy atom. The van der Waals surface area contributed by atoms with Crippen LogP contribution in [0.15, 0.2) is 34.9 Å². The molecule has 3 fully saturated rings. The number of aromatic nitrogens is 1. The smallest absolute Gasteiger partial charge is 0.343 e. The zero-order chi connectivity index (χ0) is 28.8. The molecule has 1 N–H and O–H groups in total. The second-order valence-electron chi connectivity index (χ2n) is 10.7. The van der Waals surface area contributed by atoms with E-state index in [1.54, 1.807) is 23.1 Å². The van der Waals surface area contributed by atoms with Gasteiger partial charge < -0.3 is 24.2 Å². The van der Waals surface area contributed by atoms with Crippen molar-refractivity contribution in [1.29, 1.82) is 0 Å². The highest BCUT2D eigenvalue weighted by atomic mass is 35.5. The maximum Gasteiger partial charge on any atom is 0.343 e. The van der Waals surface area contributed by atoms with E-state index in [2.05, 4.69) is 15.2 Å². The van der Waals surface area contributed by atoms with Gasteiger partial charge in [-0.3, -0.25) is 0 Å². The third-order valence-electron chi connectivity index (χ3n) is 8.04. The highest BCUT2D eigenvalue weighted by molar-refractivity contribution is 6.39. The van der Waals surface area contributed by atoms with Gasteiger partial charge in [0.15, 0.2) is 0 Å². The summed E-state index contributed by atoms with van der Waals surface area (Å²) in [5.41, 5.74) is 1.15. The number of nitrogens with zero attached hydrogens (tertiary/aromatic N) is 2. The van der Waals surface area contributed by atoms with Gasteiger partial charge in [-0.2, -0.15) is 0 Å². The Bertz CT molecular complexity index is 1450. The number of hydrogen-bond acceptors (Lipinski definition) is 6. The molecule has 2 amide bonds. The Kier molecular flexibility index (Phi) is 7.65. The minimum Gasteiger partial charge on any atom is -0.465 e. The van der Waals surface area contributed by atoms with Crippen molar-refractivity contribution in [2.24, 2.45) is 0 Å². The van der Waals surface area contributed by atoms with E-state index in [1.807, 2.05) is 0 Å². The zero-order valence-corrected chi connectivity index (χ0v) is 23.6. The number of halogens is 4. The van der Waals surface area contributed by atoms with Crippen LogP contribution in [-0.4, -0.2) is 47.4 Å². The molecule has 0 radical (unpaired) electrons. The molecule has 8 nitrogen and oxygen atoms in total. The van der Waals surface area contributed by atoms with E-state index in [0.717, 1.165) is 56.2 Å². The standard InChI is InChI=1S/C29H27Cl2F2N3O5/c1-39-28(37)25-22(32)9-15(10-23(25)33)34-29(38)36-16-7-8-17(36)12-18(11-16)40-13-19-26(35-41-27(19)14-5-6-14)24-20(30)3-2-4-21(24)31/h2-4,9-10,14,16-18H,5-8,11-13H2,1H3,(H,34,38)/t16-,17?,18?/m0/s1. The van der Waals surface area contributed by atoms with Gasteiger partial charge in [0.2, 0.25) is 0 Å². The summed E-state index contributed by atoms with van der Waals surface area (Å²) in [6, 6.07) is 6.47. The summed E-state index contributed by atoms with van der Waals surface area (Å²) in [7, 11) is 1.03. The number of amides is 2. The van der Waals surface area contributed by atoms with Crippen LogP contribution in [0.2, 0.25) is 10.0 Å². The van der Waals surface area contributed by atoms with Crippen molar-refractivity contribution in [3.8, 4) is 11.3 Å². The second kappa shape index (κ2) is 11.2. The van der Waals surface area contributed by atoms with Gasteiger partial charge in [-0.25, -0.2) is 18.4 Å². The molecule has 2 bridgehead atoms. The molecule has 6 rings (SSSR count). The molecule has 3 atom stereocenters. The SMILES string of the molecule is COC(=O)c1c(F)cc(NC(=O)N2C3CC[C@H]2CC(OCc2c(-c4c(Cl)cccc4Cl)noc2C2CC2)C3)cc1F. The number of esters is 1. The van der Waals surface area contributed by atoms with E-state index in [0.29, 0.717) is 40.1 Å². The minimum atomic E-state index is -1.13. The van der Waals surface area contributed by atoms with Crippen LogP contribution in [0.5, 0.6) is 0 Å². The van der Waals surface area contributed by atoms with E-state index in [-0.39, 0.29) is 30.5 Å². The first-order valence-electron chi connectivity index (χ1n) is 13.5. The average Bonchev–Trinajstić information content (AvgIpc) is 3.63. The lowest BCUT2D eigenvalue weighted by Gasteiger charge is -2.38. The Morgan fingerprint density at radius 1 is 1.07 bits per heavy atom. The number of piperidine rings is 1. The summed E-state index contributed by atoms with van der Waals surface area (Å²) in [4.78, 5) is 26.5. The van der Waals surface area contributed by atoms with Crippen LogP contribution in [0, 0.1) is 11.6 Å². The van der Waals surface area contributed by atoms with E-state index >= 15 is 0 Å². The van der Waals surface area contributed by atoms with Crippen LogP contribution in [0.3, 0.4) is 0 Å². The van der Waals surface area contributed by atoms with E-state index in [1.165, 1.54) is 0 Å². The van der Waals surface area contributed by atoms with Crippen LogP contribution in [-0.2, 0) is 16.1 Å². The highest BCUT2D eigenvalue weighted by Crippen LogP contribution is 2.46. The van der Waals surface area contributed by atoms with Gasteiger partial charge in [0.25, 0.3) is 0 Å². The van der Waals surface area contributed by atoms with Gasteiger partial charge in [-0.1, -0.05) is 34.4 Å². The molecule has 1 aromatic heterocycles. The Hall–Kier alpha value is -3.21. The summed E-state index contributed by atoms with van der Waals surface area (Å²) >= 11 is 12.9. The molecule has 1 aliphatic carbocycles. The molecule has 2 saturated heterocycles. The first kappa shape index (κ1) is 27.9. The Labute approximate surface area is 244 Å². The fourth-order valence-corrected chi connectivity index (χ4v) is 6.55. The zero-order valence-electron chi connectivity index (χ0n) is 22.1. The molecule has 3 aliphatic rings. The van der Waals surface area contributed by atoms with Crippen LogP contribution < -0.4 is 5.32 Å². The number of anilines is 1. The fourth-order valence-electron chi connectivity index (χ4n) is 5.97. The van der Waals surface area contributed by atoms with Gasteiger partial charge in [0.1, 0.15) is 28.7 Å². The molecule has 12 heteroatoms. The number of nitrogens with one attached hydrogen (secondary N) is 1. The summed E-state index contributed by atoms with van der Waals surface area (Å²) < 4.78 is 45.3. The van der Waals surface area contributed by atoms with Crippen LogP contribution >= 0.6 is 23.2 Å². The summed E-state index contributed by atoms with van der Waals surface area (Å²) in [5.74, 6) is -2.25. The number of carbonyl (C=O) groups is 2. The van der Waals surface area contributed by atoms with Crippen molar-refractivity contribution in [3.05, 3.63) is 68.9 Å². The number of carbonyl (C=O) groups excluding carboxylic acids is 2. The van der Waals surface area contributed by atoms with Crippen molar-refractivity contribution in [2.75, 3.05) is 12.4 Å². The molecule has 41 heavy (non-hydrogen) atoms. The maximum atomic E-state index is 14.4.